The fraction of sp³-hybridized carbons (Fsp3) is 0.500. The summed E-state index contributed by atoms with van der Waals surface area (Å²) in [5.41, 5.74) is 0. The molecular formula is C6H9BrN2O2S. The van der Waals surface area contributed by atoms with Gasteiger partial charge < -0.3 is 0 Å². The number of rotatable bonds is 3. The molecule has 0 aliphatic heterocycles. The van der Waals surface area contributed by atoms with E-state index in [0.29, 0.717) is 6.54 Å². The first kappa shape index (κ1) is 9.73. The van der Waals surface area contributed by atoms with Crippen molar-refractivity contribution in [2.75, 3.05) is 12.0 Å². The monoisotopic (exact) mass is 252 g/mol. The summed E-state index contributed by atoms with van der Waals surface area (Å²) in [6.45, 7) is 0.407. The molecule has 12 heavy (non-hydrogen) atoms. The minimum absolute atomic E-state index is 0.126. The smallest absolute Gasteiger partial charge is 0.149 e. The molecule has 0 aromatic carbocycles. The molecule has 0 radical (unpaired) electrons. The van der Waals surface area contributed by atoms with Crippen molar-refractivity contribution in [3.8, 4) is 0 Å². The highest BCUT2D eigenvalue weighted by Crippen LogP contribution is 2.03. The first-order valence-electron chi connectivity index (χ1n) is 3.34. The molecule has 1 rings (SSSR count). The highest BCUT2D eigenvalue weighted by Gasteiger charge is 2.02. The molecule has 0 saturated heterocycles. The van der Waals surface area contributed by atoms with Gasteiger partial charge in [-0.2, -0.15) is 5.10 Å². The van der Waals surface area contributed by atoms with E-state index in [9.17, 15) is 8.42 Å². The van der Waals surface area contributed by atoms with Gasteiger partial charge in [0.1, 0.15) is 14.4 Å². The summed E-state index contributed by atoms with van der Waals surface area (Å²) in [4.78, 5) is 0. The second-order valence-electron chi connectivity index (χ2n) is 2.53. The summed E-state index contributed by atoms with van der Waals surface area (Å²) in [6, 6.07) is 1.77. The SMILES string of the molecule is CS(=O)(=O)CCn1ccc(Br)n1. The van der Waals surface area contributed by atoms with Crippen LogP contribution < -0.4 is 0 Å². The van der Waals surface area contributed by atoms with Gasteiger partial charge in [-0.25, -0.2) is 8.42 Å². The molecule has 68 valence electrons. The van der Waals surface area contributed by atoms with Crippen LogP contribution in [0.4, 0.5) is 0 Å². The molecule has 1 aromatic rings. The van der Waals surface area contributed by atoms with E-state index in [0.717, 1.165) is 4.60 Å². The summed E-state index contributed by atoms with van der Waals surface area (Å²) in [7, 11) is -2.89. The zero-order valence-electron chi connectivity index (χ0n) is 6.57. The third kappa shape index (κ3) is 3.36. The zero-order valence-corrected chi connectivity index (χ0v) is 8.97. The molecule has 0 atom stereocenters. The Kier molecular flexibility index (Phi) is 2.89. The van der Waals surface area contributed by atoms with E-state index < -0.39 is 9.84 Å². The number of nitrogens with zero attached hydrogens (tertiary/aromatic N) is 2. The van der Waals surface area contributed by atoms with E-state index in [1.807, 2.05) is 0 Å². The van der Waals surface area contributed by atoms with Crippen LogP contribution in [-0.4, -0.2) is 30.2 Å². The second-order valence-corrected chi connectivity index (χ2v) is 5.60. The van der Waals surface area contributed by atoms with Crippen molar-refractivity contribution >= 4 is 25.8 Å². The standard InChI is InChI=1S/C6H9BrN2O2S/c1-12(10,11)5-4-9-3-2-6(7)8-9/h2-3H,4-5H2,1H3. The minimum atomic E-state index is -2.89. The van der Waals surface area contributed by atoms with Crippen LogP contribution in [0.5, 0.6) is 0 Å². The summed E-state index contributed by atoms with van der Waals surface area (Å²) in [6.07, 6.45) is 2.95. The van der Waals surface area contributed by atoms with Gasteiger partial charge in [0, 0.05) is 12.5 Å². The highest BCUT2D eigenvalue weighted by atomic mass is 79.9. The summed E-state index contributed by atoms with van der Waals surface area (Å²) >= 11 is 3.17. The Bertz CT molecular complexity index is 357. The summed E-state index contributed by atoms with van der Waals surface area (Å²) < 4.78 is 23.8. The lowest BCUT2D eigenvalue weighted by atomic mass is 10.7. The first-order chi connectivity index (χ1) is 5.47. The molecule has 0 aliphatic rings. The van der Waals surface area contributed by atoms with Crippen LogP contribution in [0.3, 0.4) is 0 Å². The molecule has 1 heterocycles. The Labute approximate surface area is 79.6 Å². The Morgan fingerprint density at radius 3 is 2.75 bits per heavy atom. The Hall–Kier alpha value is -0.360. The van der Waals surface area contributed by atoms with Crippen molar-refractivity contribution in [2.45, 2.75) is 6.54 Å². The number of halogens is 1. The number of hydrogen-bond acceptors (Lipinski definition) is 3. The van der Waals surface area contributed by atoms with Crippen molar-refractivity contribution in [3.63, 3.8) is 0 Å². The Morgan fingerprint density at radius 1 is 1.67 bits per heavy atom. The third-order valence-electron chi connectivity index (χ3n) is 1.30. The predicted molar refractivity (Wildman–Crippen MR) is 49.6 cm³/mol. The molecule has 0 fully saturated rings. The van der Waals surface area contributed by atoms with Crippen LogP contribution in [0.25, 0.3) is 0 Å². The lowest BCUT2D eigenvalue weighted by molar-refractivity contribution is 0.585. The van der Waals surface area contributed by atoms with Gasteiger partial charge in [-0.05, 0) is 22.0 Å². The highest BCUT2D eigenvalue weighted by molar-refractivity contribution is 9.10. The van der Waals surface area contributed by atoms with E-state index in [1.54, 1.807) is 16.9 Å². The van der Waals surface area contributed by atoms with E-state index in [4.69, 9.17) is 0 Å². The van der Waals surface area contributed by atoms with Gasteiger partial charge in [0.05, 0.1) is 12.3 Å². The maximum absolute atomic E-state index is 10.8. The van der Waals surface area contributed by atoms with Crippen LogP contribution in [0.2, 0.25) is 0 Å². The average Bonchev–Trinajstić information content (AvgIpc) is 2.30. The molecule has 0 saturated carbocycles. The van der Waals surface area contributed by atoms with Gasteiger partial charge in [-0.1, -0.05) is 0 Å². The third-order valence-corrected chi connectivity index (χ3v) is 2.65. The molecule has 0 unspecified atom stereocenters. The van der Waals surface area contributed by atoms with Crippen molar-refractivity contribution in [1.82, 2.24) is 9.78 Å². The largest absolute Gasteiger partial charge is 0.271 e. The normalized spacial score (nSPS) is 11.8. The topological polar surface area (TPSA) is 52.0 Å². The fourth-order valence-electron chi connectivity index (χ4n) is 0.721. The van der Waals surface area contributed by atoms with Crippen LogP contribution in [-0.2, 0) is 16.4 Å². The molecule has 1 aromatic heterocycles. The molecular weight excluding hydrogens is 244 g/mol. The zero-order chi connectivity index (χ0) is 9.19. The van der Waals surface area contributed by atoms with Crippen LogP contribution in [0.1, 0.15) is 0 Å². The quantitative estimate of drug-likeness (QED) is 0.796. The molecule has 0 aliphatic carbocycles. The van der Waals surface area contributed by atoms with E-state index in [1.165, 1.54) is 6.26 Å². The molecule has 0 N–H and O–H groups in total. The molecule has 0 amide bonds. The second kappa shape index (κ2) is 3.57. The maximum atomic E-state index is 10.8. The number of sulfone groups is 1. The summed E-state index contributed by atoms with van der Waals surface area (Å²) in [5, 5.41) is 3.98. The van der Waals surface area contributed by atoms with Gasteiger partial charge in [-0.3, -0.25) is 4.68 Å². The van der Waals surface area contributed by atoms with E-state index in [-0.39, 0.29) is 5.75 Å². The Morgan fingerprint density at radius 2 is 2.33 bits per heavy atom. The minimum Gasteiger partial charge on any atom is -0.271 e. The maximum Gasteiger partial charge on any atom is 0.149 e. The Balaban J connectivity index is 2.55. The number of hydrogen-bond donors (Lipinski definition) is 0. The first-order valence-corrected chi connectivity index (χ1v) is 6.19. The predicted octanol–water partition coefficient (Wildman–Crippen LogP) is 0.690. The number of aryl methyl sites for hydroxylation is 1. The fourth-order valence-corrected chi connectivity index (χ4v) is 1.56. The van der Waals surface area contributed by atoms with Crippen LogP contribution >= 0.6 is 15.9 Å². The van der Waals surface area contributed by atoms with E-state index in [2.05, 4.69) is 21.0 Å². The van der Waals surface area contributed by atoms with Gasteiger partial charge in [0.15, 0.2) is 0 Å². The van der Waals surface area contributed by atoms with Gasteiger partial charge >= 0.3 is 0 Å². The molecule has 0 spiro atoms. The lowest BCUT2D eigenvalue weighted by Gasteiger charge is -1.98. The number of aromatic nitrogens is 2. The van der Waals surface area contributed by atoms with Gasteiger partial charge in [0.25, 0.3) is 0 Å². The van der Waals surface area contributed by atoms with Crippen molar-refractivity contribution < 1.29 is 8.42 Å². The van der Waals surface area contributed by atoms with Crippen LogP contribution in [0, 0.1) is 0 Å². The molecule has 0 bridgehead atoms. The summed E-state index contributed by atoms with van der Waals surface area (Å²) in [5.74, 6) is 0.126. The van der Waals surface area contributed by atoms with Gasteiger partial charge in [-0.15, -0.1) is 0 Å². The van der Waals surface area contributed by atoms with Crippen molar-refractivity contribution in [2.24, 2.45) is 0 Å². The van der Waals surface area contributed by atoms with Crippen molar-refractivity contribution in [1.29, 1.82) is 0 Å². The molecule has 6 heteroatoms. The van der Waals surface area contributed by atoms with Crippen molar-refractivity contribution in [3.05, 3.63) is 16.9 Å². The average molecular weight is 253 g/mol. The van der Waals surface area contributed by atoms with E-state index >= 15 is 0 Å². The molecule has 4 nitrogen and oxygen atoms in total. The van der Waals surface area contributed by atoms with Crippen LogP contribution in [0.15, 0.2) is 16.9 Å². The van der Waals surface area contributed by atoms with Gasteiger partial charge in [0.2, 0.25) is 0 Å². The lowest BCUT2D eigenvalue weighted by Crippen LogP contribution is -2.11.